The second kappa shape index (κ2) is 6.64. The summed E-state index contributed by atoms with van der Waals surface area (Å²) >= 11 is 5.53. The monoisotopic (exact) mass is 334 g/mol. The van der Waals surface area contributed by atoms with Crippen LogP contribution in [0.4, 0.5) is 8.78 Å². The van der Waals surface area contributed by atoms with Crippen molar-refractivity contribution < 1.29 is 17.2 Å². The van der Waals surface area contributed by atoms with E-state index in [0.29, 0.717) is 15.2 Å². The molecular formula is C13H13ClF2N2O2S. The van der Waals surface area contributed by atoms with Crippen molar-refractivity contribution in [1.29, 1.82) is 0 Å². The molecule has 0 amide bonds. The first-order valence-electron chi connectivity index (χ1n) is 6.15. The van der Waals surface area contributed by atoms with Gasteiger partial charge in [-0.3, -0.25) is 4.98 Å². The predicted molar refractivity (Wildman–Crippen MR) is 77.2 cm³/mol. The van der Waals surface area contributed by atoms with Crippen molar-refractivity contribution in [3.63, 3.8) is 0 Å². The lowest BCUT2D eigenvalue weighted by Gasteiger charge is -2.21. The van der Waals surface area contributed by atoms with Gasteiger partial charge in [0.05, 0.1) is 17.0 Å². The number of sulfonamides is 1. The third-order valence-electron chi connectivity index (χ3n) is 2.90. The van der Waals surface area contributed by atoms with Gasteiger partial charge in [-0.25, -0.2) is 17.2 Å². The van der Waals surface area contributed by atoms with Crippen molar-refractivity contribution in [3.05, 3.63) is 36.5 Å². The predicted octanol–water partition coefficient (Wildman–Crippen LogP) is 2.73. The summed E-state index contributed by atoms with van der Waals surface area (Å²) in [5.74, 6) is -0.0605. The number of rotatable bonds is 6. The number of benzene rings is 1. The topological polar surface area (TPSA) is 50.3 Å². The summed E-state index contributed by atoms with van der Waals surface area (Å²) in [6.07, 6.45) is -1.23. The van der Waals surface area contributed by atoms with Crippen LogP contribution in [0.25, 0.3) is 10.9 Å². The van der Waals surface area contributed by atoms with Gasteiger partial charge < -0.3 is 0 Å². The molecule has 1 aromatic carbocycles. The van der Waals surface area contributed by atoms with Crippen molar-refractivity contribution in [3.8, 4) is 0 Å². The van der Waals surface area contributed by atoms with Crippen LogP contribution in [0.15, 0.2) is 41.4 Å². The minimum Gasteiger partial charge on any atom is -0.256 e. The summed E-state index contributed by atoms with van der Waals surface area (Å²) in [7, 11) is -4.06. The summed E-state index contributed by atoms with van der Waals surface area (Å²) in [6, 6.07) is 7.76. The molecule has 0 aliphatic rings. The molecule has 0 aliphatic carbocycles. The highest BCUT2D eigenvalue weighted by Gasteiger charge is 2.28. The normalized spacial score (nSPS) is 12.4. The van der Waals surface area contributed by atoms with E-state index < -0.39 is 23.0 Å². The van der Waals surface area contributed by atoms with Crippen molar-refractivity contribution in [2.45, 2.75) is 11.3 Å². The maximum atomic E-state index is 12.6. The molecule has 0 radical (unpaired) electrons. The van der Waals surface area contributed by atoms with E-state index in [-0.39, 0.29) is 17.3 Å². The van der Waals surface area contributed by atoms with Gasteiger partial charge >= 0.3 is 0 Å². The molecule has 2 aromatic rings. The van der Waals surface area contributed by atoms with Gasteiger partial charge in [-0.1, -0.05) is 6.07 Å². The molecular weight excluding hydrogens is 322 g/mol. The SMILES string of the molecule is O=S(=O)(c1cccc2ncccc12)N(CCCl)CC(F)F. The van der Waals surface area contributed by atoms with Crippen LogP contribution in [-0.2, 0) is 10.0 Å². The van der Waals surface area contributed by atoms with E-state index in [0.717, 1.165) is 0 Å². The zero-order valence-electron chi connectivity index (χ0n) is 10.9. The summed E-state index contributed by atoms with van der Waals surface area (Å²) in [5.41, 5.74) is 0.487. The highest BCUT2D eigenvalue weighted by molar-refractivity contribution is 7.89. The molecule has 0 unspecified atom stereocenters. The highest BCUT2D eigenvalue weighted by Crippen LogP contribution is 2.25. The van der Waals surface area contributed by atoms with Gasteiger partial charge in [0.25, 0.3) is 6.43 Å². The van der Waals surface area contributed by atoms with Crippen molar-refractivity contribution in [1.82, 2.24) is 9.29 Å². The van der Waals surface area contributed by atoms with Gasteiger partial charge in [-0.05, 0) is 24.3 Å². The first-order valence-corrected chi connectivity index (χ1v) is 8.12. The minimum absolute atomic E-state index is 0.0427. The van der Waals surface area contributed by atoms with Gasteiger partial charge in [0.1, 0.15) is 0 Å². The van der Waals surface area contributed by atoms with Crippen LogP contribution in [0.3, 0.4) is 0 Å². The lowest BCUT2D eigenvalue weighted by Crippen LogP contribution is -2.36. The number of halogens is 3. The Morgan fingerprint density at radius 3 is 2.67 bits per heavy atom. The molecule has 0 saturated heterocycles. The van der Waals surface area contributed by atoms with E-state index in [1.165, 1.54) is 18.3 Å². The van der Waals surface area contributed by atoms with E-state index in [4.69, 9.17) is 11.6 Å². The fourth-order valence-electron chi connectivity index (χ4n) is 2.00. The average molecular weight is 335 g/mol. The van der Waals surface area contributed by atoms with Crippen LogP contribution in [0, 0.1) is 0 Å². The third kappa shape index (κ3) is 3.48. The molecule has 0 atom stereocenters. The van der Waals surface area contributed by atoms with E-state index in [9.17, 15) is 17.2 Å². The van der Waals surface area contributed by atoms with E-state index in [1.807, 2.05) is 0 Å². The molecule has 21 heavy (non-hydrogen) atoms. The number of nitrogens with zero attached hydrogens (tertiary/aromatic N) is 2. The molecule has 0 aliphatic heterocycles. The molecule has 8 heteroatoms. The molecule has 0 fully saturated rings. The number of hydrogen-bond donors (Lipinski definition) is 0. The van der Waals surface area contributed by atoms with Crippen LogP contribution in [-0.4, -0.2) is 43.1 Å². The number of hydrogen-bond acceptors (Lipinski definition) is 3. The second-order valence-corrected chi connectivity index (χ2v) is 6.55. The Bertz CT molecular complexity index is 720. The van der Waals surface area contributed by atoms with Crippen LogP contribution < -0.4 is 0 Å². The van der Waals surface area contributed by atoms with Crippen molar-refractivity contribution >= 4 is 32.5 Å². The molecule has 4 nitrogen and oxygen atoms in total. The Labute approximate surface area is 126 Å². The van der Waals surface area contributed by atoms with Gasteiger partial charge in [0.2, 0.25) is 10.0 Å². The third-order valence-corrected chi connectivity index (χ3v) is 4.99. The maximum Gasteiger partial charge on any atom is 0.252 e. The molecule has 1 heterocycles. The minimum atomic E-state index is -4.06. The van der Waals surface area contributed by atoms with E-state index in [2.05, 4.69) is 4.98 Å². The molecule has 2 rings (SSSR count). The fourth-order valence-corrected chi connectivity index (χ4v) is 3.92. The van der Waals surface area contributed by atoms with Crippen LogP contribution >= 0.6 is 11.6 Å². The first kappa shape index (κ1) is 16.1. The highest BCUT2D eigenvalue weighted by atomic mass is 35.5. The summed E-state index contributed by atoms with van der Waals surface area (Å²) < 4.78 is 51.1. The first-order chi connectivity index (χ1) is 9.96. The largest absolute Gasteiger partial charge is 0.256 e. The number of fused-ring (bicyclic) bond motifs is 1. The van der Waals surface area contributed by atoms with Crippen molar-refractivity contribution in [2.24, 2.45) is 0 Å². The van der Waals surface area contributed by atoms with Gasteiger partial charge in [0.15, 0.2) is 0 Å². The second-order valence-electron chi connectivity index (χ2n) is 4.27. The Hall–Kier alpha value is -1.31. The zero-order valence-corrected chi connectivity index (χ0v) is 12.5. The molecule has 0 bridgehead atoms. The molecule has 0 saturated carbocycles. The Balaban J connectivity index is 2.54. The lowest BCUT2D eigenvalue weighted by molar-refractivity contribution is 0.121. The smallest absolute Gasteiger partial charge is 0.252 e. The summed E-state index contributed by atoms with van der Waals surface area (Å²) in [6.45, 7) is -1.06. The average Bonchev–Trinajstić information content (AvgIpc) is 2.45. The Morgan fingerprint density at radius 2 is 2.00 bits per heavy atom. The fraction of sp³-hybridized carbons (Fsp3) is 0.308. The van der Waals surface area contributed by atoms with Gasteiger partial charge in [-0.2, -0.15) is 4.31 Å². The van der Waals surface area contributed by atoms with Crippen LogP contribution in [0.2, 0.25) is 0 Å². The molecule has 1 aromatic heterocycles. The van der Waals surface area contributed by atoms with Crippen LogP contribution in [0.5, 0.6) is 0 Å². The summed E-state index contributed by atoms with van der Waals surface area (Å²) in [4.78, 5) is 4.02. The van der Waals surface area contributed by atoms with E-state index in [1.54, 1.807) is 18.2 Å². The standard InChI is InChI=1S/C13H13ClF2N2O2S/c14-6-8-18(9-13(15)16)21(19,20)12-5-1-4-11-10(12)3-2-7-17-11/h1-5,7,13H,6,8-9H2. The quantitative estimate of drug-likeness (QED) is 0.763. The van der Waals surface area contributed by atoms with Crippen LogP contribution in [0.1, 0.15) is 0 Å². The Morgan fingerprint density at radius 1 is 1.24 bits per heavy atom. The Kier molecular flexibility index (Phi) is 5.08. The lowest BCUT2D eigenvalue weighted by atomic mass is 10.2. The van der Waals surface area contributed by atoms with Gasteiger partial charge in [-0.15, -0.1) is 11.6 Å². The molecule has 0 N–H and O–H groups in total. The zero-order chi connectivity index (χ0) is 15.5. The van der Waals surface area contributed by atoms with Gasteiger partial charge in [0, 0.05) is 24.0 Å². The number of alkyl halides is 3. The van der Waals surface area contributed by atoms with E-state index >= 15 is 0 Å². The number of pyridine rings is 1. The summed E-state index contributed by atoms with van der Waals surface area (Å²) in [5, 5.41) is 0.397. The molecule has 0 spiro atoms. The maximum absolute atomic E-state index is 12.6. The molecule has 114 valence electrons. The van der Waals surface area contributed by atoms with Crippen molar-refractivity contribution in [2.75, 3.05) is 19.0 Å². The number of aromatic nitrogens is 1.